The summed E-state index contributed by atoms with van der Waals surface area (Å²) in [5.41, 5.74) is 0.790. The van der Waals surface area contributed by atoms with Crippen molar-refractivity contribution in [3.05, 3.63) is 18.0 Å². The van der Waals surface area contributed by atoms with E-state index in [1.807, 2.05) is 19.3 Å². The predicted molar refractivity (Wildman–Crippen MR) is 56.2 cm³/mol. The second-order valence-electron chi connectivity index (χ2n) is 3.96. The fourth-order valence-corrected chi connectivity index (χ4v) is 1.75. The highest BCUT2D eigenvalue weighted by Gasteiger charge is 2.29. The van der Waals surface area contributed by atoms with Crippen molar-refractivity contribution in [2.75, 3.05) is 6.54 Å². The van der Waals surface area contributed by atoms with E-state index in [9.17, 15) is 9.59 Å². The van der Waals surface area contributed by atoms with E-state index in [1.165, 1.54) is 4.90 Å². The molecular formula is C10H14N4O2. The number of rotatable bonds is 2. The van der Waals surface area contributed by atoms with E-state index >= 15 is 0 Å². The van der Waals surface area contributed by atoms with Crippen molar-refractivity contribution in [1.29, 1.82) is 0 Å². The summed E-state index contributed by atoms with van der Waals surface area (Å²) in [6, 6.07) is 1.40. The molecule has 86 valence electrons. The van der Waals surface area contributed by atoms with Gasteiger partial charge in [-0.3, -0.25) is 14.3 Å². The van der Waals surface area contributed by atoms with Gasteiger partial charge >= 0.3 is 0 Å². The molecule has 1 saturated heterocycles. The fraction of sp³-hybridized carbons (Fsp3) is 0.500. The number of hydrogen-bond acceptors (Lipinski definition) is 3. The Labute approximate surface area is 93.2 Å². The summed E-state index contributed by atoms with van der Waals surface area (Å²) in [5, 5.41) is 6.77. The van der Waals surface area contributed by atoms with Crippen LogP contribution in [0.1, 0.15) is 12.6 Å². The highest BCUT2D eigenvalue weighted by molar-refractivity contribution is 5.94. The Hall–Kier alpha value is -1.85. The third-order valence-electron chi connectivity index (χ3n) is 2.52. The lowest BCUT2D eigenvalue weighted by Crippen LogP contribution is -2.56. The lowest BCUT2D eigenvalue weighted by atomic mass is 10.2. The van der Waals surface area contributed by atoms with Gasteiger partial charge < -0.3 is 10.2 Å². The lowest BCUT2D eigenvalue weighted by Gasteiger charge is -2.30. The van der Waals surface area contributed by atoms with Crippen LogP contribution in [0.4, 0.5) is 0 Å². The van der Waals surface area contributed by atoms with Crippen LogP contribution in [0.15, 0.2) is 12.3 Å². The largest absolute Gasteiger partial charge is 0.343 e. The average molecular weight is 222 g/mol. The van der Waals surface area contributed by atoms with Gasteiger partial charge in [0, 0.05) is 13.2 Å². The summed E-state index contributed by atoms with van der Waals surface area (Å²) < 4.78 is 1.67. The van der Waals surface area contributed by atoms with Gasteiger partial charge in [-0.2, -0.15) is 5.10 Å². The number of aryl methyl sites for hydroxylation is 1. The second kappa shape index (κ2) is 3.96. The molecular weight excluding hydrogens is 208 g/mol. The van der Waals surface area contributed by atoms with Crippen LogP contribution in [0.5, 0.6) is 0 Å². The number of carbonyl (C=O) groups excluding carboxylic acids is 2. The van der Waals surface area contributed by atoms with Crippen LogP contribution < -0.4 is 5.32 Å². The Morgan fingerprint density at radius 3 is 2.94 bits per heavy atom. The molecule has 1 unspecified atom stereocenters. The molecule has 1 aromatic rings. The van der Waals surface area contributed by atoms with Gasteiger partial charge in [0.2, 0.25) is 11.8 Å². The summed E-state index contributed by atoms with van der Waals surface area (Å²) in [4.78, 5) is 24.6. The van der Waals surface area contributed by atoms with E-state index in [4.69, 9.17) is 0 Å². The first-order chi connectivity index (χ1) is 7.56. The molecule has 0 bridgehead atoms. The van der Waals surface area contributed by atoms with Crippen LogP contribution in [0, 0.1) is 0 Å². The van der Waals surface area contributed by atoms with Crippen LogP contribution in [0.25, 0.3) is 0 Å². The zero-order valence-electron chi connectivity index (χ0n) is 9.30. The van der Waals surface area contributed by atoms with Gasteiger partial charge in [-0.15, -0.1) is 0 Å². The van der Waals surface area contributed by atoms with Crippen molar-refractivity contribution in [3.8, 4) is 0 Å². The number of hydrogen-bond donors (Lipinski definition) is 1. The van der Waals surface area contributed by atoms with Crippen molar-refractivity contribution in [2.45, 2.75) is 19.5 Å². The van der Waals surface area contributed by atoms with Crippen LogP contribution in [-0.4, -0.2) is 39.1 Å². The molecule has 6 heteroatoms. The minimum Gasteiger partial charge on any atom is -0.343 e. The molecule has 1 aromatic heterocycles. The predicted octanol–water partition coefficient (Wildman–Crippen LogP) is -0.733. The molecule has 16 heavy (non-hydrogen) atoms. The SMILES string of the molecule is CC1NC(=O)CN(Cc2ccn(C)n2)C1=O. The zero-order valence-corrected chi connectivity index (χ0v) is 9.30. The van der Waals surface area contributed by atoms with Crippen LogP contribution in [-0.2, 0) is 23.2 Å². The Kier molecular flexibility index (Phi) is 2.64. The average Bonchev–Trinajstić information content (AvgIpc) is 2.60. The van der Waals surface area contributed by atoms with Gasteiger partial charge in [-0.05, 0) is 13.0 Å². The molecule has 2 heterocycles. The maximum absolute atomic E-state index is 11.8. The molecule has 2 rings (SSSR count). The van der Waals surface area contributed by atoms with Crippen molar-refractivity contribution >= 4 is 11.8 Å². The van der Waals surface area contributed by atoms with E-state index in [-0.39, 0.29) is 18.4 Å². The summed E-state index contributed by atoms with van der Waals surface area (Å²) in [6.07, 6.45) is 1.81. The van der Waals surface area contributed by atoms with E-state index in [2.05, 4.69) is 10.4 Å². The summed E-state index contributed by atoms with van der Waals surface area (Å²) in [6.45, 7) is 2.18. The molecule has 1 fully saturated rings. The van der Waals surface area contributed by atoms with Crippen molar-refractivity contribution in [3.63, 3.8) is 0 Å². The lowest BCUT2D eigenvalue weighted by molar-refractivity contribution is -0.144. The van der Waals surface area contributed by atoms with Crippen molar-refractivity contribution in [2.24, 2.45) is 7.05 Å². The first kappa shape index (κ1) is 10.7. The minimum absolute atomic E-state index is 0.0646. The molecule has 2 amide bonds. The molecule has 0 spiro atoms. The number of nitrogens with zero attached hydrogens (tertiary/aromatic N) is 3. The third-order valence-corrected chi connectivity index (χ3v) is 2.52. The molecule has 6 nitrogen and oxygen atoms in total. The first-order valence-electron chi connectivity index (χ1n) is 5.13. The van der Waals surface area contributed by atoms with Gasteiger partial charge in [-0.1, -0.05) is 0 Å². The van der Waals surface area contributed by atoms with E-state index in [1.54, 1.807) is 11.6 Å². The highest BCUT2D eigenvalue weighted by atomic mass is 16.2. The highest BCUT2D eigenvalue weighted by Crippen LogP contribution is 2.07. The van der Waals surface area contributed by atoms with E-state index in [0.717, 1.165) is 5.69 Å². The molecule has 0 aromatic carbocycles. The Bertz CT molecular complexity index is 426. The number of aromatic nitrogens is 2. The first-order valence-corrected chi connectivity index (χ1v) is 5.13. The standard InChI is InChI=1S/C10H14N4O2/c1-7-10(16)14(6-9(15)11-7)5-8-3-4-13(2)12-8/h3-4,7H,5-6H2,1-2H3,(H,11,15). The summed E-state index contributed by atoms with van der Waals surface area (Å²) in [7, 11) is 1.82. The topological polar surface area (TPSA) is 67.2 Å². The maximum Gasteiger partial charge on any atom is 0.245 e. The maximum atomic E-state index is 11.8. The Morgan fingerprint density at radius 1 is 1.56 bits per heavy atom. The number of carbonyl (C=O) groups is 2. The normalized spacial score (nSPS) is 21.1. The number of nitrogens with one attached hydrogen (secondary N) is 1. The van der Waals surface area contributed by atoms with E-state index < -0.39 is 6.04 Å². The van der Waals surface area contributed by atoms with Gasteiger partial charge in [0.15, 0.2) is 0 Å². The third kappa shape index (κ3) is 2.05. The molecule has 0 radical (unpaired) electrons. The molecule has 1 aliphatic rings. The van der Waals surface area contributed by atoms with Crippen molar-refractivity contribution in [1.82, 2.24) is 20.0 Å². The fourth-order valence-electron chi connectivity index (χ4n) is 1.75. The molecule has 1 atom stereocenters. The van der Waals surface area contributed by atoms with Crippen LogP contribution in [0.3, 0.4) is 0 Å². The molecule has 0 aliphatic carbocycles. The van der Waals surface area contributed by atoms with Gasteiger partial charge in [0.1, 0.15) is 12.6 Å². The Balaban J connectivity index is 2.08. The van der Waals surface area contributed by atoms with Gasteiger partial charge in [0.25, 0.3) is 0 Å². The van der Waals surface area contributed by atoms with Gasteiger partial charge in [0.05, 0.1) is 12.2 Å². The van der Waals surface area contributed by atoms with Crippen LogP contribution >= 0.6 is 0 Å². The zero-order chi connectivity index (χ0) is 11.7. The second-order valence-corrected chi connectivity index (χ2v) is 3.96. The molecule has 0 saturated carbocycles. The van der Waals surface area contributed by atoms with Crippen LogP contribution in [0.2, 0.25) is 0 Å². The molecule has 1 N–H and O–H groups in total. The monoisotopic (exact) mass is 222 g/mol. The number of piperazine rings is 1. The van der Waals surface area contributed by atoms with Gasteiger partial charge in [-0.25, -0.2) is 0 Å². The quantitative estimate of drug-likeness (QED) is 0.717. The summed E-state index contributed by atoms with van der Waals surface area (Å²) >= 11 is 0. The molecule has 1 aliphatic heterocycles. The van der Waals surface area contributed by atoms with Crippen molar-refractivity contribution < 1.29 is 9.59 Å². The number of amides is 2. The smallest absolute Gasteiger partial charge is 0.245 e. The minimum atomic E-state index is -0.440. The Morgan fingerprint density at radius 2 is 2.31 bits per heavy atom. The van der Waals surface area contributed by atoms with E-state index in [0.29, 0.717) is 6.54 Å². The summed E-state index contributed by atoms with van der Waals surface area (Å²) in [5.74, 6) is -0.187.